The zero-order valence-corrected chi connectivity index (χ0v) is 9.83. The third-order valence-electron chi connectivity index (χ3n) is 1.59. The molecule has 0 fully saturated rings. The number of pyridine rings is 1. The average Bonchev–Trinajstić information content (AvgIpc) is 1.99. The molecule has 2 heteroatoms. The summed E-state index contributed by atoms with van der Waals surface area (Å²) in [7, 11) is 0. The van der Waals surface area contributed by atoms with E-state index in [9.17, 15) is 0 Å². The van der Waals surface area contributed by atoms with Gasteiger partial charge in [0.05, 0.1) is 0 Å². The van der Waals surface area contributed by atoms with Gasteiger partial charge in [-0.15, -0.1) is 0 Å². The van der Waals surface area contributed by atoms with Crippen molar-refractivity contribution in [2.24, 2.45) is 0 Å². The van der Waals surface area contributed by atoms with Crippen LogP contribution in [0.15, 0.2) is 12.1 Å². The minimum Gasteiger partial charge on any atom is -0.258 e. The standard InChI is InChI=1S/C9H8N.2CH3.Al/c1-4-9-5-7(2)10-8(3)6-9;;;/h5-6H,2-3H3;2*1H3;. The second kappa shape index (κ2) is 4.47. The molecular formula is C11H14AlN. The molecule has 66 valence electrons. The van der Waals surface area contributed by atoms with E-state index < -0.39 is 14.1 Å². The van der Waals surface area contributed by atoms with Crippen molar-refractivity contribution in [1.29, 1.82) is 0 Å². The van der Waals surface area contributed by atoms with Crippen LogP contribution in [0.2, 0.25) is 11.6 Å². The third-order valence-corrected chi connectivity index (χ3v) is 2.31. The summed E-state index contributed by atoms with van der Waals surface area (Å²) < 4.78 is 0. The van der Waals surface area contributed by atoms with Crippen molar-refractivity contribution >= 4 is 14.1 Å². The van der Waals surface area contributed by atoms with Gasteiger partial charge in [0.25, 0.3) is 0 Å². The first-order valence-electron chi connectivity index (χ1n) is 4.55. The van der Waals surface area contributed by atoms with Crippen molar-refractivity contribution in [3.63, 3.8) is 0 Å². The summed E-state index contributed by atoms with van der Waals surface area (Å²) in [5, 5.41) is 0. The molecule has 1 nitrogen and oxygen atoms in total. The topological polar surface area (TPSA) is 12.9 Å². The Hall–Kier alpha value is -0.758. The molecule has 1 aromatic heterocycles. The second-order valence-electron chi connectivity index (χ2n) is 3.56. The van der Waals surface area contributed by atoms with Crippen molar-refractivity contribution in [2.75, 3.05) is 0 Å². The second-order valence-corrected chi connectivity index (χ2v) is 6.16. The van der Waals surface area contributed by atoms with E-state index in [0.29, 0.717) is 0 Å². The largest absolute Gasteiger partial charge is 0.370 e. The van der Waals surface area contributed by atoms with Crippen molar-refractivity contribution < 1.29 is 0 Å². The van der Waals surface area contributed by atoms with Gasteiger partial charge in [-0.05, 0) is 26.0 Å². The first-order chi connectivity index (χ1) is 6.08. The monoisotopic (exact) mass is 187 g/mol. The summed E-state index contributed by atoms with van der Waals surface area (Å²) in [6.07, 6.45) is 0. The molecule has 1 rings (SSSR count). The fourth-order valence-electron chi connectivity index (χ4n) is 1.13. The average molecular weight is 187 g/mol. The lowest BCUT2D eigenvalue weighted by atomic mass is 10.2. The minimum absolute atomic E-state index is 0.753. The van der Waals surface area contributed by atoms with Crippen LogP contribution in [0.1, 0.15) is 17.0 Å². The van der Waals surface area contributed by atoms with Crippen LogP contribution in [0.3, 0.4) is 0 Å². The summed E-state index contributed by atoms with van der Waals surface area (Å²) in [6.45, 7) is 4.01. The van der Waals surface area contributed by atoms with Crippen LogP contribution in [0.4, 0.5) is 0 Å². The van der Waals surface area contributed by atoms with Crippen LogP contribution >= 0.6 is 0 Å². The number of hydrogen-bond donors (Lipinski definition) is 0. The predicted molar refractivity (Wildman–Crippen MR) is 58.1 cm³/mol. The van der Waals surface area contributed by atoms with Gasteiger partial charge in [-0.3, -0.25) is 4.98 Å². The molecule has 0 saturated heterocycles. The van der Waals surface area contributed by atoms with Crippen molar-refractivity contribution in [2.45, 2.75) is 25.4 Å². The van der Waals surface area contributed by atoms with Crippen LogP contribution in [-0.4, -0.2) is 19.1 Å². The maximum atomic E-state index is 4.30. The highest BCUT2D eigenvalue weighted by atomic mass is 27.2. The van der Waals surface area contributed by atoms with Gasteiger partial charge in [-0.25, -0.2) is 4.78 Å². The van der Waals surface area contributed by atoms with Gasteiger partial charge in [-0.1, -0.05) is 17.5 Å². The molecule has 1 aromatic rings. The summed E-state index contributed by atoms with van der Waals surface area (Å²) in [6, 6.07) is 4.08. The number of aryl methyl sites for hydroxylation is 2. The number of rotatable bonds is 0. The maximum absolute atomic E-state index is 4.30. The fraction of sp³-hybridized carbons (Fsp3) is 0.364. The maximum Gasteiger partial charge on any atom is 0.370 e. The Bertz CT molecular complexity index is 338. The van der Waals surface area contributed by atoms with Crippen LogP contribution in [0.5, 0.6) is 0 Å². The highest BCUT2D eigenvalue weighted by Gasteiger charge is 1.96. The van der Waals surface area contributed by atoms with Gasteiger partial charge in [0.2, 0.25) is 0 Å². The van der Waals surface area contributed by atoms with E-state index in [1.54, 1.807) is 0 Å². The number of nitrogens with zero attached hydrogens (tertiary/aromatic N) is 1. The molecule has 0 amide bonds. The number of aromatic nitrogens is 1. The minimum atomic E-state index is -0.753. The predicted octanol–water partition coefficient (Wildman–Crippen LogP) is 2.34. The molecule has 13 heavy (non-hydrogen) atoms. The summed E-state index contributed by atoms with van der Waals surface area (Å²) in [5.74, 6) is 7.66. The molecule has 0 N–H and O–H groups in total. The molecule has 0 radical (unpaired) electrons. The van der Waals surface area contributed by atoms with E-state index in [0.717, 1.165) is 17.0 Å². The van der Waals surface area contributed by atoms with E-state index >= 15 is 0 Å². The lowest BCUT2D eigenvalue weighted by molar-refractivity contribution is 1.12. The van der Waals surface area contributed by atoms with Gasteiger partial charge < -0.3 is 0 Å². The van der Waals surface area contributed by atoms with E-state index in [1.807, 2.05) is 26.0 Å². The molecule has 1 heterocycles. The summed E-state index contributed by atoms with van der Waals surface area (Å²) >= 11 is -0.753. The van der Waals surface area contributed by atoms with Crippen LogP contribution in [-0.2, 0) is 0 Å². The zero-order chi connectivity index (χ0) is 9.84. The van der Waals surface area contributed by atoms with Gasteiger partial charge in [0.15, 0.2) is 0 Å². The van der Waals surface area contributed by atoms with Gasteiger partial charge >= 0.3 is 14.1 Å². The fourth-order valence-corrected chi connectivity index (χ4v) is 1.59. The zero-order valence-electron chi connectivity index (χ0n) is 8.68. The Labute approximate surface area is 84.6 Å². The van der Waals surface area contributed by atoms with Gasteiger partial charge in [0.1, 0.15) is 0 Å². The Morgan fingerprint density at radius 1 is 1.15 bits per heavy atom. The van der Waals surface area contributed by atoms with Gasteiger partial charge in [-0.2, -0.15) is 0 Å². The first-order valence-corrected chi connectivity index (χ1v) is 7.43. The lowest BCUT2D eigenvalue weighted by Gasteiger charge is -1.96. The normalized spacial score (nSPS) is 8.92. The van der Waals surface area contributed by atoms with E-state index in [-0.39, 0.29) is 0 Å². The Balaban J connectivity index is 2.98. The summed E-state index contributed by atoms with van der Waals surface area (Å²) in [5.41, 5.74) is 3.20. The Morgan fingerprint density at radius 2 is 1.69 bits per heavy atom. The van der Waals surface area contributed by atoms with E-state index in [2.05, 4.69) is 27.3 Å². The molecule has 0 aliphatic carbocycles. The molecule has 0 bridgehead atoms. The first kappa shape index (κ1) is 10.3. The van der Waals surface area contributed by atoms with Crippen molar-refractivity contribution in [1.82, 2.24) is 4.98 Å². The van der Waals surface area contributed by atoms with Crippen molar-refractivity contribution in [3.8, 4) is 10.7 Å². The molecule has 0 aliphatic heterocycles. The van der Waals surface area contributed by atoms with E-state index in [4.69, 9.17) is 0 Å². The molecule has 0 atom stereocenters. The third kappa shape index (κ3) is 3.64. The van der Waals surface area contributed by atoms with Crippen LogP contribution < -0.4 is 0 Å². The molecule has 0 aromatic carbocycles. The smallest absolute Gasteiger partial charge is 0.258 e. The van der Waals surface area contributed by atoms with Crippen LogP contribution in [0, 0.1) is 24.6 Å². The Kier molecular flexibility index (Phi) is 3.55. The molecule has 0 unspecified atom stereocenters. The molecule has 0 saturated carbocycles. The molecular weight excluding hydrogens is 173 g/mol. The molecule has 0 aliphatic rings. The quantitative estimate of drug-likeness (QED) is 0.448. The summed E-state index contributed by atoms with van der Waals surface area (Å²) in [4.78, 5) is 7.58. The SMILES string of the molecule is Cc1cc(C#[C][Al]([CH3])[CH3])cc(C)n1. The van der Waals surface area contributed by atoms with Crippen molar-refractivity contribution in [3.05, 3.63) is 29.1 Å². The van der Waals surface area contributed by atoms with Crippen LogP contribution in [0.25, 0.3) is 0 Å². The highest BCUT2D eigenvalue weighted by molar-refractivity contribution is 6.64. The Morgan fingerprint density at radius 3 is 2.15 bits per heavy atom. The van der Waals surface area contributed by atoms with Gasteiger partial charge in [0, 0.05) is 17.0 Å². The molecule has 0 spiro atoms. The lowest BCUT2D eigenvalue weighted by Crippen LogP contribution is -1.94. The number of hydrogen-bond acceptors (Lipinski definition) is 1. The van der Waals surface area contributed by atoms with E-state index in [1.165, 1.54) is 0 Å². The highest BCUT2D eigenvalue weighted by Crippen LogP contribution is 2.02.